The maximum atomic E-state index is 11.7. The third kappa shape index (κ3) is 3.06. The second kappa shape index (κ2) is 6.35. The quantitative estimate of drug-likeness (QED) is 0.907. The maximum absolute atomic E-state index is 11.7. The van der Waals surface area contributed by atoms with Crippen LogP contribution >= 0.6 is 0 Å². The molecule has 0 saturated heterocycles. The van der Waals surface area contributed by atoms with E-state index < -0.39 is 12.0 Å². The summed E-state index contributed by atoms with van der Waals surface area (Å²) in [5.74, 6) is -1.00. The van der Waals surface area contributed by atoms with Gasteiger partial charge < -0.3 is 5.11 Å². The molecule has 0 bridgehead atoms. The Morgan fingerprint density at radius 3 is 1.60 bits per heavy atom. The lowest BCUT2D eigenvalue weighted by molar-refractivity contribution is -0.142. The van der Waals surface area contributed by atoms with Gasteiger partial charge in [0.25, 0.3) is 0 Å². The van der Waals surface area contributed by atoms with Crippen LogP contribution in [0, 0.1) is 0 Å². The molecule has 2 aromatic carbocycles. The van der Waals surface area contributed by atoms with E-state index in [0.717, 1.165) is 11.1 Å². The first-order chi connectivity index (χ1) is 9.61. The predicted octanol–water partition coefficient (Wildman–Crippen LogP) is 2.83. The molecule has 0 aliphatic heterocycles. The van der Waals surface area contributed by atoms with Crippen molar-refractivity contribution in [2.45, 2.75) is 12.0 Å². The van der Waals surface area contributed by atoms with Gasteiger partial charge in [-0.25, -0.2) is 0 Å². The Morgan fingerprint density at radius 1 is 0.900 bits per heavy atom. The van der Waals surface area contributed by atoms with Gasteiger partial charge in [-0.15, -0.1) is 0 Å². The summed E-state index contributed by atoms with van der Waals surface area (Å²) in [5, 5.41) is 9.60. The van der Waals surface area contributed by atoms with Gasteiger partial charge in [0.2, 0.25) is 0 Å². The molecule has 20 heavy (non-hydrogen) atoms. The van der Waals surface area contributed by atoms with E-state index in [1.165, 1.54) is 0 Å². The van der Waals surface area contributed by atoms with E-state index in [9.17, 15) is 9.90 Å². The van der Waals surface area contributed by atoms with Gasteiger partial charge in [-0.05, 0) is 25.2 Å². The summed E-state index contributed by atoms with van der Waals surface area (Å²) in [4.78, 5) is 13.4. The molecule has 1 N–H and O–H groups in total. The number of nitrogens with zero attached hydrogens (tertiary/aromatic N) is 1. The van der Waals surface area contributed by atoms with E-state index >= 15 is 0 Å². The van der Waals surface area contributed by atoms with Gasteiger partial charge in [-0.3, -0.25) is 9.69 Å². The molecule has 1 atom stereocenters. The monoisotopic (exact) mass is 269 g/mol. The van der Waals surface area contributed by atoms with Crippen LogP contribution in [0.5, 0.6) is 0 Å². The fourth-order valence-corrected chi connectivity index (χ4v) is 2.54. The van der Waals surface area contributed by atoms with E-state index in [0.29, 0.717) is 0 Å². The molecular formula is C17H19NO2. The number of carboxylic acids is 1. The summed E-state index contributed by atoms with van der Waals surface area (Å²) in [6.45, 7) is 0. The summed E-state index contributed by atoms with van der Waals surface area (Å²) >= 11 is 0. The number of carboxylic acid groups (broad SMARTS) is 1. The number of carbonyl (C=O) groups is 1. The fraction of sp³-hybridized carbons (Fsp3) is 0.235. The summed E-state index contributed by atoms with van der Waals surface area (Å²) < 4.78 is 0. The first-order valence-corrected chi connectivity index (χ1v) is 6.60. The fourth-order valence-electron chi connectivity index (χ4n) is 2.54. The minimum Gasteiger partial charge on any atom is -0.480 e. The van der Waals surface area contributed by atoms with Crippen molar-refractivity contribution in [2.75, 3.05) is 14.1 Å². The zero-order valence-electron chi connectivity index (χ0n) is 11.7. The second-order valence-electron chi connectivity index (χ2n) is 5.05. The van der Waals surface area contributed by atoms with Crippen molar-refractivity contribution in [1.82, 2.24) is 4.90 Å². The van der Waals surface area contributed by atoms with Crippen molar-refractivity contribution < 1.29 is 9.90 Å². The molecule has 2 rings (SSSR count). The van der Waals surface area contributed by atoms with Crippen molar-refractivity contribution in [1.29, 1.82) is 0 Å². The molecular weight excluding hydrogens is 250 g/mol. The molecule has 3 nitrogen and oxygen atoms in total. The summed E-state index contributed by atoms with van der Waals surface area (Å²) in [5.41, 5.74) is 2.03. The standard InChI is InChI=1S/C17H19NO2/c1-18(2)16(17(19)20)15(13-9-5-3-6-10-13)14-11-7-4-8-12-14/h3-12,15-16H,1-2H3,(H,19,20). The van der Waals surface area contributed by atoms with Crippen molar-refractivity contribution in [3.8, 4) is 0 Å². The topological polar surface area (TPSA) is 40.5 Å². The molecule has 1 unspecified atom stereocenters. The third-order valence-corrected chi connectivity index (χ3v) is 3.44. The summed E-state index contributed by atoms with van der Waals surface area (Å²) in [7, 11) is 3.61. The predicted molar refractivity (Wildman–Crippen MR) is 79.8 cm³/mol. The number of aliphatic carboxylic acids is 1. The lowest BCUT2D eigenvalue weighted by atomic mass is 9.84. The van der Waals surface area contributed by atoms with Gasteiger partial charge in [-0.2, -0.15) is 0 Å². The SMILES string of the molecule is CN(C)C(C(=O)O)C(c1ccccc1)c1ccccc1. The Hall–Kier alpha value is -2.13. The third-order valence-electron chi connectivity index (χ3n) is 3.44. The van der Waals surface area contributed by atoms with Crippen LogP contribution in [0.15, 0.2) is 60.7 Å². The van der Waals surface area contributed by atoms with Crippen molar-refractivity contribution in [3.05, 3.63) is 71.8 Å². The van der Waals surface area contributed by atoms with Crippen molar-refractivity contribution >= 4 is 5.97 Å². The molecule has 0 amide bonds. The Morgan fingerprint density at radius 2 is 1.30 bits per heavy atom. The van der Waals surface area contributed by atoms with Crippen LogP contribution in [-0.4, -0.2) is 36.1 Å². The Bertz CT molecular complexity index is 512. The van der Waals surface area contributed by atoms with E-state index in [1.54, 1.807) is 19.0 Å². The van der Waals surface area contributed by atoms with Gasteiger partial charge in [0.05, 0.1) is 0 Å². The number of hydrogen-bond acceptors (Lipinski definition) is 2. The van der Waals surface area contributed by atoms with Crippen LogP contribution in [0.2, 0.25) is 0 Å². The van der Waals surface area contributed by atoms with Crippen LogP contribution in [0.1, 0.15) is 17.0 Å². The number of benzene rings is 2. The summed E-state index contributed by atoms with van der Waals surface area (Å²) in [6, 6.07) is 19.0. The molecule has 2 aromatic rings. The second-order valence-corrected chi connectivity index (χ2v) is 5.05. The highest BCUT2D eigenvalue weighted by Gasteiger charge is 2.32. The largest absolute Gasteiger partial charge is 0.480 e. The molecule has 0 heterocycles. The van der Waals surface area contributed by atoms with Gasteiger partial charge in [0, 0.05) is 5.92 Å². The first-order valence-electron chi connectivity index (χ1n) is 6.60. The van der Waals surface area contributed by atoms with Crippen molar-refractivity contribution in [2.24, 2.45) is 0 Å². The molecule has 0 radical (unpaired) electrons. The number of rotatable bonds is 5. The van der Waals surface area contributed by atoms with Gasteiger partial charge in [-0.1, -0.05) is 60.7 Å². The minimum atomic E-state index is -0.812. The smallest absolute Gasteiger partial charge is 0.321 e. The molecule has 104 valence electrons. The van der Waals surface area contributed by atoms with Crippen LogP contribution in [0.25, 0.3) is 0 Å². The molecule has 0 saturated carbocycles. The van der Waals surface area contributed by atoms with E-state index in [4.69, 9.17) is 0 Å². The molecule has 0 aromatic heterocycles. The number of likely N-dealkylation sites (N-methyl/N-ethyl adjacent to an activating group) is 1. The minimum absolute atomic E-state index is 0.190. The van der Waals surface area contributed by atoms with Crippen LogP contribution in [0.4, 0.5) is 0 Å². The zero-order chi connectivity index (χ0) is 14.5. The lowest BCUT2D eigenvalue weighted by Gasteiger charge is -2.29. The van der Waals surface area contributed by atoms with Crippen LogP contribution < -0.4 is 0 Å². The van der Waals surface area contributed by atoms with E-state index in [2.05, 4.69) is 0 Å². The highest BCUT2D eigenvalue weighted by Crippen LogP contribution is 2.30. The summed E-state index contributed by atoms with van der Waals surface area (Å²) in [6.07, 6.45) is 0. The van der Waals surface area contributed by atoms with Gasteiger partial charge >= 0.3 is 5.97 Å². The zero-order valence-corrected chi connectivity index (χ0v) is 11.7. The first kappa shape index (κ1) is 14.3. The molecule has 3 heteroatoms. The highest BCUT2D eigenvalue weighted by molar-refractivity contribution is 5.76. The Labute approximate surface area is 119 Å². The molecule has 0 aliphatic carbocycles. The average Bonchev–Trinajstić information content (AvgIpc) is 2.45. The van der Waals surface area contributed by atoms with Crippen LogP contribution in [-0.2, 0) is 4.79 Å². The molecule has 0 fully saturated rings. The Balaban J connectivity index is 2.52. The average molecular weight is 269 g/mol. The van der Waals surface area contributed by atoms with Crippen LogP contribution in [0.3, 0.4) is 0 Å². The van der Waals surface area contributed by atoms with Gasteiger partial charge in [0.15, 0.2) is 0 Å². The van der Waals surface area contributed by atoms with E-state index in [-0.39, 0.29) is 5.92 Å². The van der Waals surface area contributed by atoms with Gasteiger partial charge in [0.1, 0.15) is 6.04 Å². The lowest BCUT2D eigenvalue weighted by Crippen LogP contribution is -2.41. The highest BCUT2D eigenvalue weighted by atomic mass is 16.4. The number of hydrogen-bond donors (Lipinski definition) is 1. The maximum Gasteiger partial charge on any atom is 0.321 e. The Kier molecular flexibility index (Phi) is 4.53. The van der Waals surface area contributed by atoms with Crippen molar-refractivity contribution in [3.63, 3.8) is 0 Å². The molecule has 0 aliphatic rings. The van der Waals surface area contributed by atoms with E-state index in [1.807, 2.05) is 60.7 Å². The molecule has 0 spiro atoms. The normalized spacial score (nSPS) is 12.6.